The summed E-state index contributed by atoms with van der Waals surface area (Å²) in [5.74, 6) is 2.25. The van der Waals surface area contributed by atoms with E-state index in [0.29, 0.717) is 10.5 Å². The molecule has 0 aromatic rings. The molecule has 2 fully saturated rings. The molecule has 0 amide bonds. The zero-order valence-corrected chi connectivity index (χ0v) is 16.8. The first kappa shape index (κ1) is 18.8. The molecule has 5 heteroatoms. The summed E-state index contributed by atoms with van der Waals surface area (Å²) in [4.78, 5) is 9.75. The molecule has 3 aliphatic rings. The molecule has 0 bridgehead atoms. The smallest absolute Gasteiger partial charge is 0.0594 e. The van der Waals surface area contributed by atoms with Crippen molar-refractivity contribution in [2.45, 2.75) is 32.4 Å². The van der Waals surface area contributed by atoms with E-state index in [4.69, 9.17) is 4.74 Å². The maximum Gasteiger partial charge on any atom is 0.0594 e. The predicted molar refractivity (Wildman–Crippen MR) is 107 cm³/mol. The number of hydrogen-bond donors (Lipinski definition) is 0. The van der Waals surface area contributed by atoms with E-state index in [1.54, 1.807) is 0 Å². The van der Waals surface area contributed by atoms with E-state index in [-0.39, 0.29) is 0 Å². The summed E-state index contributed by atoms with van der Waals surface area (Å²) in [5.41, 5.74) is 0. The fourth-order valence-electron chi connectivity index (χ4n) is 4.16. The van der Waals surface area contributed by atoms with Crippen molar-refractivity contribution in [2.24, 2.45) is 5.92 Å². The number of morpholine rings is 1. The van der Waals surface area contributed by atoms with E-state index >= 15 is 0 Å². The third-order valence-corrected chi connectivity index (χ3v) is 8.25. The van der Waals surface area contributed by atoms with Crippen molar-refractivity contribution in [3.8, 4) is 0 Å². The molecule has 0 N–H and O–H groups in total. The van der Waals surface area contributed by atoms with Crippen molar-refractivity contribution in [3.63, 3.8) is 0 Å². The number of likely N-dealkylation sites (N-methyl/N-ethyl adjacent to an activating group) is 1. The number of nitrogens with zero attached hydrogens (tertiary/aromatic N) is 3. The third-order valence-electron chi connectivity index (χ3n) is 5.76. The van der Waals surface area contributed by atoms with Gasteiger partial charge in [0.1, 0.15) is 0 Å². The van der Waals surface area contributed by atoms with Crippen LogP contribution in [-0.2, 0) is 4.74 Å². The molecule has 3 heterocycles. The van der Waals surface area contributed by atoms with Gasteiger partial charge in [-0.25, -0.2) is 0 Å². The molecule has 0 radical (unpaired) electrons. The minimum absolute atomic E-state index is 0.631. The molecule has 3 rings (SSSR count). The predicted octanol–water partition coefficient (Wildman–Crippen LogP) is 1.83. The third kappa shape index (κ3) is 5.53. The van der Waals surface area contributed by atoms with E-state index in [2.05, 4.69) is 35.5 Å². The first-order chi connectivity index (χ1) is 11.7. The molecule has 4 nitrogen and oxygen atoms in total. The van der Waals surface area contributed by atoms with E-state index in [9.17, 15) is 0 Å². The number of piperazine rings is 1. The molecule has 3 aliphatic heterocycles. The molecule has 3 atom stereocenters. The minimum atomic E-state index is 0.631. The van der Waals surface area contributed by atoms with Gasteiger partial charge in [0.05, 0.1) is 13.2 Å². The van der Waals surface area contributed by atoms with Crippen LogP contribution in [0.2, 0.25) is 0 Å². The van der Waals surface area contributed by atoms with Gasteiger partial charge in [-0.1, -0.05) is 20.8 Å². The fourth-order valence-corrected chi connectivity index (χ4v) is 6.51. The van der Waals surface area contributed by atoms with Gasteiger partial charge < -0.3 is 9.64 Å². The minimum Gasteiger partial charge on any atom is -0.379 e. The zero-order valence-electron chi connectivity index (χ0n) is 16.0. The highest BCUT2D eigenvalue weighted by Gasteiger charge is 2.28. The van der Waals surface area contributed by atoms with Crippen LogP contribution >= 0.6 is 10.5 Å². The second kappa shape index (κ2) is 9.13. The summed E-state index contributed by atoms with van der Waals surface area (Å²) < 4.78 is 5.46. The van der Waals surface area contributed by atoms with Crippen LogP contribution in [0.15, 0.2) is 0 Å². The Kier molecular flexibility index (Phi) is 7.17. The first-order valence-corrected chi connectivity index (χ1v) is 11.4. The zero-order chi connectivity index (χ0) is 16.9. The Balaban J connectivity index is 1.37. The molecule has 140 valence electrons. The lowest BCUT2D eigenvalue weighted by molar-refractivity contribution is 0.0322. The van der Waals surface area contributed by atoms with Gasteiger partial charge in [-0.15, -0.1) is 0 Å². The average Bonchev–Trinajstić information content (AvgIpc) is 3.35. The Morgan fingerprint density at radius 1 is 0.917 bits per heavy atom. The van der Waals surface area contributed by atoms with Crippen molar-refractivity contribution in [2.75, 3.05) is 77.9 Å². The highest BCUT2D eigenvalue weighted by Crippen LogP contribution is 2.39. The van der Waals surface area contributed by atoms with E-state index in [1.165, 1.54) is 58.0 Å². The van der Waals surface area contributed by atoms with Gasteiger partial charge in [-0.2, -0.15) is 10.5 Å². The Hall–Kier alpha value is 0.0600. The molecule has 0 aromatic carbocycles. The number of rotatable bonds is 8. The standard InChI is InChI=1S/C19H37N3OS/c1-4-20-5-7-21(8-6-20)15-18(3)24-16-19(24)13-17(2)14-22-9-11-23-12-10-22/h17-18H,4-16H2,1-3H3. The molecular formula is C19H37N3OS. The van der Waals surface area contributed by atoms with Crippen LogP contribution in [0, 0.1) is 5.92 Å². The van der Waals surface area contributed by atoms with Gasteiger partial charge in [-0.3, -0.25) is 9.80 Å². The van der Waals surface area contributed by atoms with Gasteiger partial charge >= 0.3 is 0 Å². The lowest BCUT2D eigenvalue weighted by Crippen LogP contribution is -2.47. The summed E-state index contributed by atoms with van der Waals surface area (Å²) in [6.07, 6.45) is 1.37. The molecule has 0 spiro atoms. The van der Waals surface area contributed by atoms with Crippen molar-refractivity contribution in [1.29, 1.82) is 0 Å². The SMILES string of the molecule is CCN1CCN(CC(C)S2=C(CC(C)CN3CCOCC3)C2)CC1. The average molecular weight is 356 g/mol. The van der Waals surface area contributed by atoms with Crippen LogP contribution in [0.5, 0.6) is 0 Å². The lowest BCUT2D eigenvalue weighted by Gasteiger charge is -2.35. The van der Waals surface area contributed by atoms with Crippen molar-refractivity contribution < 1.29 is 4.74 Å². The highest BCUT2D eigenvalue weighted by molar-refractivity contribution is 8.24. The van der Waals surface area contributed by atoms with Crippen molar-refractivity contribution in [1.82, 2.24) is 14.7 Å². The quantitative estimate of drug-likeness (QED) is 0.618. The second-order valence-electron chi connectivity index (χ2n) is 7.88. The van der Waals surface area contributed by atoms with Gasteiger partial charge in [0.25, 0.3) is 0 Å². The normalized spacial score (nSPS) is 29.6. The Labute approximate surface area is 151 Å². The fraction of sp³-hybridized carbons (Fsp3) is 0.947. The highest BCUT2D eigenvalue weighted by atomic mass is 32.2. The monoisotopic (exact) mass is 355 g/mol. The summed E-state index contributed by atoms with van der Waals surface area (Å²) in [6.45, 7) is 20.2. The topological polar surface area (TPSA) is 19.0 Å². The summed E-state index contributed by atoms with van der Waals surface area (Å²) in [5, 5.41) is 0.878. The second-order valence-corrected chi connectivity index (χ2v) is 10.4. The van der Waals surface area contributed by atoms with Crippen LogP contribution < -0.4 is 0 Å². The van der Waals surface area contributed by atoms with E-state index in [1.807, 2.05) is 4.86 Å². The Morgan fingerprint density at radius 2 is 1.54 bits per heavy atom. The largest absolute Gasteiger partial charge is 0.379 e. The summed E-state index contributed by atoms with van der Waals surface area (Å²) in [7, 11) is 0.631. The van der Waals surface area contributed by atoms with Crippen LogP contribution in [0.25, 0.3) is 0 Å². The van der Waals surface area contributed by atoms with E-state index in [0.717, 1.165) is 37.5 Å². The van der Waals surface area contributed by atoms with Gasteiger partial charge in [0.15, 0.2) is 0 Å². The van der Waals surface area contributed by atoms with Gasteiger partial charge in [0.2, 0.25) is 0 Å². The van der Waals surface area contributed by atoms with Crippen LogP contribution in [0.3, 0.4) is 0 Å². The summed E-state index contributed by atoms with van der Waals surface area (Å²) in [6, 6.07) is 0. The van der Waals surface area contributed by atoms with Crippen molar-refractivity contribution >= 4 is 15.3 Å². The molecule has 0 saturated carbocycles. The molecular weight excluding hydrogens is 318 g/mol. The Morgan fingerprint density at radius 3 is 2.21 bits per heavy atom. The lowest BCUT2D eigenvalue weighted by atomic mass is 10.1. The van der Waals surface area contributed by atoms with Crippen molar-refractivity contribution in [3.05, 3.63) is 0 Å². The van der Waals surface area contributed by atoms with E-state index < -0.39 is 0 Å². The molecule has 2 saturated heterocycles. The van der Waals surface area contributed by atoms with Gasteiger partial charge in [-0.05, 0) is 23.7 Å². The van der Waals surface area contributed by atoms with Crippen LogP contribution in [0.4, 0.5) is 0 Å². The molecule has 24 heavy (non-hydrogen) atoms. The maximum atomic E-state index is 5.46. The Bertz CT molecular complexity index is 428. The number of ether oxygens (including phenoxy) is 1. The maximum absolute atomic E-state index is 5.46. The molecule has 3 unspecified atom stereocenters. The van der Waals surface area contributed by atoms with Crippen LogP contribution in [-0.4, -0.2) is 103 Å². The number of hydrogen-bond acceptors (Lipinski definition) is 4. The summed E-state index contributed by atoms with van der Waals surface area (Å²) >= 11 is 0. The molecule has 0 aromatic heterocycles. The van der Waals surface area contributed by atoms with Gasteiger partial charge in [0, 0.05) is 63.4 Å². The first-order valence-electron chi connectivity index (χ1n) is 9.95. The van der Waals surface area contributed by atoms with Crippen LogP contribution in [0.1, 0.15) is 27.2 Å². The molecule has 0 aliphatic carbocycles.